The Labute approximate surface area is 94.7 Å². The first-order valence-electron chi connectivity index (χ1n) is 5.94. The van der Waals surface area contributed by atoms with Crippen LogP contribution in [0.3, 0.4) is 0 Å². The molecule has 0 aromatic carbocycles. The third kappa shape index (κ3) is 1.59. The van der Waals surface area contributed by atoms with Crippen LogP contribution in [0, 0.1) is 0 Å². The molecule has 1 unspecified atom stereocenters. The maximum absolute atomic E-state index is 4.49. The molecular weight excluding hydrogens is 200 g/mol. The van der Waals surface area contributed by atoms with Crippen molar-refractivity contribution in [3.63, 3.8) is 0 Å². The Kier molecular flexibility index (Phi) is 2.36. The molecule has 3 rings (SSSR count). The molecule has 2 aromatic rings. The Hall–Kier alpha value is -1.42. The fourth-order valence-corrected chi connectivity index (χ4v) is 2.26. The normalized spacial score (nSPS) is 20.7. The number of hydrogen-bond acceptors (Lipinski definition) is 3. The number of nitrogens with one attached hydrogen (secondary N) is 1. The second-order valence-corrected chi connectivity index (χ2v) is 4.33. The van der Waals surface area contributed by atoms with Crippen LogP contribution >= 0.6 is 0 Å². The predicted octanol–water partition coefficient (Wildman–Crippen LogP) is 1.72. The molecule has 1 fully saturated rings. The maximum atomic E-state index is 4.49. The zero-order valence-corrected chi connectivity index (χ0v) is 9.48. The van der Waals surface area contributed by atoms with Crippen molar-refractivity contribution in [1.29, 1.82) is 0 Å². The fourth-order valence-electron chi connectivity index (χ4n) is 2.26. The Bertz CT molecular complexity index is 497. The van der Waals surface area contributed by atoms with Gasteiger partial charge in [0.25, 0.3) is 0 Å². The highest BCUT2D eigenvalue weighted by molar-refractivity contribution is 5.39. The predicted molar refractivity (Wildman–Crippen MR) is 62.3 cm³/mol. The highest BCUT2D eigenvalue weighted by atomic mass is 15.2. The van der Waals surface area contributed by atoms with E-state index in [1.807, 2.05) is 16.8 Å². The van der Waals surface area contributed by atoms with Crippen LogP contribution in [0.1, 0.15) is 37.1 Å². The Morgan fingerprint density at radius 1 is 1.56 bits per heavy atom. The Balaban J connectivity index is 2.00. The second kappa shape index (κ2) is 3.87. The molecule has 16 heavy (non-hydrogen) atoms. The zero-order chi connectivity index (χ0) is 11.0. The molecule has 0 spiro atoms. The van der Waals surface area contributed by atoms with Crippen molar-refractivity contribution in [2.45, 2.75) is 32.2 Å². The van der Waals surface area contributed by atoms with E-state index >= 15 is 0 Å². The molecule has 0 amide bonds. The van der Waals surface area contributed by atoms with Gasteiger partial charge in [0.05, 0.1) is 5.69 Å². The largest absolute Gasteiger partial charge is 0.310 e. The molecule has 84 valence electrons. The first kappa shape index (κ1) is 9.78. The number of rotatable bonds is 2. The van der Waals surface area contributed by atoms with Gasteiger partial charge in [0.15, 0.2) is 5.65 Å². The number of fused-ring (bicyclic) bond motifs is 1. The van der Waals surface area contributed by atoms with Gasteiger partial charge in [0.1, 0.15) is 0 Å². The average molecular weight is 216 g/mol. The summed E-state index contributed by atoms with van der Waals surface area (Å²) in [6, 6.07) is 2.51. The summed E-state index contributed by atoms with van der Waals surface area (Å²) < 4.78 is 1.90. The van der Waals surface area contributed by atoms with Crippen LogP contribution in [0.2, 0.25) is 0 Å². The molecule has 0 aliphatic carbocycles. The average Bonchev–Trinajstić information content (AvgIpc) is 2.96. The van der Waals surface area contributed by atoms with E-state index in [0.717, 1.165) is 24.3 Å². The summed E-state index contributed by atoms with van der Waals surface area (Å²) in [5, 5.41) is 7.97. The van der Waals surface area contributed by atoms with E-state index in [-0.39, 0.29) is 0 Å². The molecule has 0 bridgehead atoms. The fraction of sp³-hybridized carbons (Fsp3) is 0.500. The van der Waals surface area contributed by atoms with Crippen molar-refractivity contribution < 1.29 is 0 Å². The smallest absolute Gasteiger partial charge is 0.155 e. The summed E-state index contributed by atoms with van der Waals surface area (Å²) in [6.45, 7) is 3.23. The Morgan fingerprint density at radius 3 is 3.25 bits per heavy atom. The van der Waals surface area contributed by atoms with Crippen molar-refractivity contribution in [3.8, 4) is 0 Å². The van der Waals surface area contributed by atoms with Gasteiger partial charge in [-0.15, -0.1) is 0 Å². The highest BCUT2D eigenvalue weighted by Crippen LogP contribution is 2.22. The number of aryl methyl sites for hydroxylation is 1. The molecule has 1 saturated heterocycles. The van der Waals surface area contributed by atoms with Gasteiger partial charge >= 0.3 is 0 Å². The standard InChI is InChI=1S/C12H16N4/c1-2-10-6-12-14-7-9(8-16(12)15-10)11-4-3-5-13-11/h6-8,11,13H,2-5H2,1H3. The van der Waals surface area contributed by atoms with E-state index in [2.05, 4.69) is 28.5 Å². The van der Waals surface area contributed by atoms with Crippen LogP contribution in [0.25, 0.3) is 5.65 Å². The molecule has 0 radical (unpaired) electrons. The Morgan fingerprint density at radius 2 is 2.50 bits per heavy atom. The van der Waals surface area contributed by atoms with E-state index in [1.165, 1.54) is 18.4 Å². The molecule has 4 heteroatoms. The van der Waals surface area contributed by atoms with Gasteiger partial charge in [-0.1, -0.05) is 6.92 Å². The minimum absolute atomic E-state index is 0.464. The summed E-state index contributed by atoms with van der Waals surface area (Å²) in [5.41, 5.74) is 3.29. The molecule has 1 atom stereocenters. The third-order valence-corrected chi connectivity index (χ3v) is 3.21. The molecular formula is C12H16N4. The summed E-state index contributed by atoms with van der Waals surface area (Å²) in [6.07, 6.45) is 7.49. The quantitative estimate of drug-likeness (QED) is 0.831. The van der Waals surface area contributed by atoms with Crippen molar-refractivity contribution in [3.05, 3.63) is 29.7 Å². The van der Waals surface area contributed by atoms with Gasteiger partial charge in [-0.25, -0.2) is 9.50 Å². The van der Waals surface area contributed by atoms with E-state index in [4.69, 9.17) is 0 Å². The first-order valence-corrected chi connectivity index (χ1v) is 5.94. The molecule has 3 heterocycles. The van der Waals surface area contributed by atoms with E-state index in [0.29, 0.717) is 6.04 Å². The molecule has 1 N–H and O–H groups in total. The van der Waals surface area contributed by atoms with Crippen LogP contribution < -0.4 is 5.32 Å². The van der Waals surface area contributed by atoms with Gasteiger partial charge < -0.3 is 5.32 Å². The van der Waals surface area contributed by atoms with Gasteiger partial charge in [0.2, 0.25) is 0 Å². The second-order valence-electron chi connectivity index (χ2n) is 4.33. The van der Waals surface area contributed by atoms with E-state index in [1.54, 1.807) is 0 Å². The van der Waals surface area contributed by atoms with Crippen LogP contribution in [-0.4, -0.2) is 21.1 Å². The van der Waals surface area contributed by atoms with Crippen LogP contribution in [0.5, 0.6) is 0 Å². The lowest BCUT2D eigenvalue weighted by molar-refractivity contribution is 0.637. The summed E-state index contributed by atoms with van der Waals surface area (Å²) in [4.78, 5) is 4.45. The van der Waals surface area contributed by atoms with Crippen molar-refractivity contribution >= 4 is 5.65 Å². The molecule has 1 aliphatic rings. The molecule has 4 nitrogen and oxygen atoms in total. The zero-order valence-electron chi connectivity index (χ0n) is 9.48. The van der Waals surface area contributed by atoms with Gasteiger partial charge in [0, 0.05) is 30.1 Å². The van der Waals surface area contributed by atoms with Crippen molar-refractivity contribution in [2.75, 3.05) is 6.54 Å². The van der Waals surface area contributed by atoms with Gasteiger partial charge in [-0.3, -0.25) is 0 Å². The molecule has 0 saturated carbocycles. The topological polar surface area (TPSA) is 42.2 Å². The maximum Gasteiger partial charge on any atom is 0.155 e. The number of hydrogen-bond donors (Lipinski definition) is 1. The number of nitrogens with zero attached hydrogens (tertiary/aromatic N) is 3. The molecule has 1 aliphatic heterocycles. The van der Waals surface area contributed by atoms with E-state index in [9.17, 15) is 0 Å². The van der Waals surface area contributed by atoms with Crippen LogP contribution in [0.4, 0.5) is 0 Å². The van der Waals surface area contributed by atoms with Gasteiger partial charge in [-0.2, -0.15) is 5.10 Å². The minimum atomic E-state index is 0.464. The third-order valence-electron chi connectivity index (χ3n) is 3.21. The van der Waals surface area contributed by atoms with Crippen LogP contribution in [0.15, 0.2) is 18.5 Å². The van der Waals surface area contributed by atoms with E-state index < -0.39 is 0 Å². The lowest BCUT2D eigenvalue weighted by Crippen LogP contribution is -2.13. The van der Waals surface area contributed by atoms with Crippen LogP contribution in [-0.2, 0) is 6.42 Å². The summed E-state index contributed by atoms with van der Waals surface area (Å²) in [7, 11) is 0. The monoisotopic (exact) mass is 216 g/mol. The minimum Gasteiger partial charge on any atom is -0.310 e. The van der Waals surface area contributed by atoms with Gasteiger partial charge in [-0.05, 0) is 25.8 Å². The number of aromatic nitrogens is 3. The molecule has 2 aromatic heterocycles. The summed E-state index contributed by atoms with van der Waals surface area (Å²) in [5.74, 6) is 0. The highest BCUT2D eigenvalue weighted by Gasteiger charge is 2.17. The lowest BCUT2D eigenvalue weighted by Gasteiger charge is -2.09. The SMILES string of the molecule is CCc1cc2ncc(C3CCCN3)cn2n1. The first-order chi connectivity index (χ1) is 7.86. The van der Waals surface area contributed by atoms with Crippen molar-refractivity contribution in [1.82, 2.24) is 19.9 Å². The summed E-state index contributed by atoms with van der Waals surface area (Å²) >= 11 is 0. The lowest BCUT2D eigenvalue weighted by atomic mass is 10.1. The van der Waals surface area contributed by atoms with Crippen molar-refractivity contribution in [2.24, 2.45) is 0 Å².